The number of nitrogens with zero attached hydrogens (tertiary/aromatic N) is 3. The van der Waals surface area contributed by atoms with Gasteiger partial charge < -0.3 is 5.32 Å². The highest BCUT2D eigenvalue weighted by atomic mass is 35.5. The van der Waals surface area contributed by atoms with Crippen molar-refractivity contribution in [1.29, 1.82) is 0 Å². The fourth-order valence-electron chi connectivity index (χ4n) is 2.94. The van der Waals surface area contributed by atoms with Crippen molar-refractivity contribution < 1.29 is 18.1 Å². The number of rotatable bonds is 6. The summed E-state index contributed by atoms with van der Waals surface area (Å²) in [6.07, 6.45) is 0. The number of benzene rings is 1. The van der Waals surface area contributed by atoms with E-state index in [1.165, 1.54) is 33.8 Å². The molecule has 1 aliphatic rings. The van der Waals surface area contributed by atoms with Crippen LogP contribution in [-0.2, 0) is 14.8 Å². The standard InChI is InChI=1S/C17H19ClN4O5S2/c1-12-2-5-17(28-12)29(26,27)21-8-6-20(7-9-21)11-16(23)19-13-3-4-14(18)15(10-13)22(24)25/h2-5,10H,6-9,11H2,1H3,(H,19,23). The van der Waals surface area contributed by atoms with Crippen LogP contribution in [0.1, 0.15) is 4.88 Å². The lowest BCUT2D eigenvalue weighted by Crippen LogP contribution is -2.50. The third kappa shape index (κ3) is 5.11. The Bertz CT molecular complexity index is 1030. The van der Waals surface area contributed by atoms with E-state index in [1.54, 1.807) is 12.1 Å². The number of halogens is 1. The van der Waals surface area contributed by atoms with Gasteiger partial charge in [0, 0.05) is 42.8 Å². The molecule has 156 valence electrons. The maximum Gasteiger partial charge on any atom is 0.289 e. The number of sulfonamides is 1. The molecule has 12 heteroatoms. The van der Waals surface area contributed by atoms with Crippen molar-refractivity contribution in [2.24, 2.45) is 0 Å². The van der Waals surface area contributed by atoms with Crippen molar-refractivity contribution in [1.82, 2.24) is 9.21 Å². The van der Waals surface area contributed by atoms with Gasteiger partial charge >= 0.3 is 0 Å². The summed E-state index contributed by atoms with van der Waals surface area (Å²) in [5.74, 6) is -0.341. The van der Waals surface area contributed by atoms with Crippen molar-refractivity contribution >= 4 is 50.2 Å². The highest BCUT2D eigenvalue weighted by Gasteiger charge is 2.30. The average Bonchev–Trinajstić information content (AvgIpc) is 3.11. The second kappa shape index (κ2) is 8.76. The molecule has 1 N–H and O–H groups in total. The molecule has 1 aromatic heterocycles. The Labute approximate surface area is 177 Å². The van der Waals surface area contributed by atoms with Crippen LogP contribution in [0.25, 0.3) is 0 Å². The van der Waals surface area contributed by atoms with E-state index in [0.29, 0.717) is 30.4 Å². The maximum atomic E-state index is 12.7. The molecule has 1 aliphatic heterocycles. The van der Waals surface area contributed by atoms with E-state index in [4.69, 9.17) is 11.6 Å². The van der Waals surface area contributed by atoms with Gasteiger partial charge in [0.15, 0.2) is 0 Å². The first-order valence-electron chi connectivity index (χ1n) is 8.69. The van der Waals surface area contributed by atoms with Crippen LogP contribution in [0.2, 0.25) is 5.02 Å². The summed E-state index contributed by atoms with van der Waals surface area (Å²) in [4.78, 5) is 25.4. The first kappa shape index (κ1) is 21.7. The Morgan fingerprint density at radius 3 is 2.52 bits per heavy atom. The monoisotopic (exact) mass is 458 g/mol. The van der Waals surface area contributed by atoms with Crippen LogP contribution in [-0.4, -0.2) is 61.2 Å². The van der Waals surface area contributed by atoms with E-state index in [0.717, 1.165) is 4.88 Å². The molecule has 1 aromatic carbocycles. The zero-order chi connectivity index (χ0) is 21.2. The second-order valence-electron chi connectivity index (χ2n) is 6.52. The number of anilines is 1. The summed E-state index contributed by atoms with van der Waals surface area (Å²) in [5.41, 5.74) is -0.00696. The Balaban J connectivity index is 1.55. The van der Waals surface area contributed by atoms with Gasteiger partial charge in [0.1, 0.15) is 9.23 Å². The quantitative estimate of drug-likeness (QED) is 0.525. The number of piperazine rings is 1. The highest BCUT2D eigenvalue weighted by Crippen LogP contribution is 2.27. The smallest absolute Gasteiger partial charge is 0.289 e. The fourth-order valence-corrected chi connectivity index (χ4v) is 5.99. The van der Waals surface area contributed by atoms with E-state index < -0.39 is 14.9 Å². The molecule has 1 saturated heterocycles. The minimum atomic E-state index is -3.51. The van der Waals surface area contributed by atoms with Gasteiger partial charge in [-0.25, -0.2) is 8.42 Å². The lowest BCUT2D eigenvalue weighted by molar-refractivity contribution is -0.384. The van der Waals surface area contributed by atoms with Crippen molar-refractivity contribution in [2.45, 2.75) is 11.1 Å². The number of nitro benzene ring substituents is 1. The topological polar surface area (TPSA) is 113 Å². The van der Waals surface area contributed by atoms with Crippen molar-refractivity contribution in [3.05, 3.63) is 50.3 Å². The van der Waals surface area contributed by atoms with Crippen molar-refractivity contribution in [3.63, 3.8) is 0 Å². The fraction of sp³-hybridized carbons (Fsp3) is 0.353. The molecule has 2 heterocycles. The molecule has 0 bridgehead atoms. The number of hydrogen-bond acceptors (Lipinski definition) is 7. The molecular formula is C17H19ClN4O5S2. The summed E-state index contributed by atoms with van der Waals surface area (Å²) >= 11 is 7.00. The Hall–Kier alpha value is -2.05. The average molecular weight is 459 g/mol. The number of carbonyl (C=O) groups is 1. The van der Waals surface area contributed by atoms with Gasteiger partial charge in [-0.1, -0.05) is 11.6 Å². The molecule has 29 heavy (non-hydrogen) atoms. The van der Waals surface area contributed by atoms with Gasteiger partial charge in [0.05, 0.1) is 11.5 Å². The molecule has 1 amide bonds. The van der Waals surface area contributed by atoms with Crippen LogP contribution in [0.4, 0.5) is 11.4 Å². The van der Waals surface area contributed by atoms with Crippen molar-refractivity contribution in [3.8, 4) is 0 Å². The lowest BCUT2D eigenvalue weighted by Gasteiger charge is -2.33. The molecule has 9 nitrogen and oxygen atoms in total. The van der Waals surface area contributed by atoms with Gasteiger partial charge in [-0.15, -0.1) is 11.3 Å². The SMILES string of the molecule is Cc1ccc(S(=O)(=O)N2CCN(CC(=O)Nc3ccc(Cl)c([N+](=O)[O-])c3)CC2)s1. The van der Waals surface area contributed by atoms with Crippen LogP contribution in [0.15, 0.2) is 34.5 Å². The number of hydrogen-bond donors (Lipinski definition) is 1. The molecule has 1 fully saturated rings. The first-order valence-corrected chi connectivity index (χ1v) is 11.3. The van der Waals surface area contributed by atoms with Crippen LogP contribution in [0.3, 0.4) is 0 Å². The molecular weight excluding hydrogens is 440 g/mol. The van der Waals surface area contributed by atoms with Gasteiger partial charge in [0.2, 0.25) is 5.91 Å². The number of nitro groups is 1. The Morgan fingerprint density at radius 1 is 1.24 bits per heavy atom. The van der Waals surface area contributed by atoms with E-state index in [-0.39, 0.29) is 28.8 Å². The second-order valence-corrected chi connectivity index (χ2v) is 10.4. The Morgan fingerprint density at radius 2 is 1.93 bits per heavy atom. The minimum Gasteiger partial charge on any atom is -0.325 e. The van der Waals surface area contributed by atoms with Crippen LogP contribution < -0.4 is 5.32 Å². The normalized spacial score (nSPS) is 15.9. The number of carbonyl (C=O) groups excluding carboxylic acids is 1. The zero-order valence-corrected chi connectivity index (χ0v) is 17.9. The van der Waals surface area contributed by atoms with Crippen LogP contribution >= 0.6 is 22.9 Å². The van der Waals surface area contributed by atoms with Gasteiger partial charge in [-0.05, 0) is 31.2 Å². The molecule has 0 atom stereocenters. The third-order valence-electron chi connectivity index (χ3n) is 4.43. The lowest BCUT2D eigenvalue weighted by atomic mass is 10.2. The highest BCUT2D eigenvalue weighted by molar-refractivity contribution is 7.91. The summed E-state index contributed by atoms with van der Waals surface area (Å²) in [6, 6.07) is 7.43. The first-order chi connectivity index (χ1) is 13.7. The van der Waals surface area contributed by atoms with Gasteiger partial charge in [-0.2, -0.15) is 4.31 Å². The Kier molecular flexibility index (Phi) is 6.54. The molecule has 0 spiro atoms. The van der Waals surface area contributed by atoms with Crippen molar-refractivity contribution in [2.75, 3.05) is 38.0 Å². The zero-order valence-electron chi connectivity index (χ0n) is 15.5. The summed E-state index contributed by atoms with van der Waals surface area (Å²) in [5, 5.41) is 13.5. The number of aryl methyl sites for hydroxylation is 1. The molecule has 0 radical (unpaired) electrons. The number of thiophene rings is 1. The van der Waals surface area contributed by atoms with Crippen LogP contribution in [0, 0.1) is 17.0 Å². The summed E-state index contributed by atoms with van der Waals surface area (Å²) in [6.45, 7) is 3.32. The molecule has 2 aromatic rings. The predicted molar refractivity (Wildman–Crippen MR) is 111 cm³/mol. The van der Waals surface area contributed by atoms with E-state index >= 15 is 0 Å². The molecule has 0 saturated carbocycles. The van der Waals surface area contributed by atoms with E-state index in [2.05, 4.69) is 5.32 Å². The molecule has 0 unspecified atom stereocenters. The third-order valence-corrected chi connectivity index (χ3v) is 8.12. The van der Waals surface area contributed by atoms with Crippen LogP contribution in [0.5, 0.6) is 0 Å². The van der Waals surface area contributed by atoms with Gasteiger partial charge in [0.25, 0.3) is 15.7 Å². The maximum absolute atomic E-state index is 12.7. The summed E-state index contributed by atoms with van der Waals surface area (Å²) < 4.78 is 27.1. The summed E-state index contributed by atoms with van der Waals surface area (Å²) in [7, 11) is -3.51. The minimum absolute atomic E-state index is 0.00809. The number of amides is 1. The number of nitrogens with one attached hydrogen (secondary N) is 1. The van der Waals surface area contributed by atoms with E-state index in [9.17, 15) is 23.3 Å². The molecule has 3 rings (SSSR count). The van der Waals surface area contributed by atoms with E-state index in [1.807, 2.05) is 11.8 Å². The largest absolute Gasteiger partial charge is 0.325 e. The predicted octanol–water partition coefficient (Wildman–Crippen LogP) is 2.56. The van der Waals surface area contributed by atoms with Gasteiger partial charge in [-0.3, -0.25) is 19.8 Å². The molecule has 0 aliphatic carbocycles.